The van der Waals surface area contributed by atoms with Crippen LogP contribution in [0, 0.1) is 18.8 Å². The number of hydrogen-bond acceptors (Lipinski definition) is 6. The molecule has 0 bridgehead atoms. The lowest BCUT2D eigenvalue weighted by Gasteiger charge is -2.46. The van der Waals surface area contributed by atoms with E-state index >= 15 is 0 Å². The molecule has 0 radical (unpaired) electrons. The van der Waals surface area contributed by atoms with Gasteiger partial charge >= 0.3 is 0 Å². The fourth-order valence-corrected chi connectivity index (χ4v) is 4.67. The Morgan fingerprint density at radius 3 is 2.65 bits per heavy atom. The number of nitrogens with zero attached hydrogens (tertiary/aromatic N) is 3. The molecule has 3 aliphatic rings. The Kier molecular flexibility index (Phi) is 5.27. The maximum absolute atomic E-state index is 12.7. The van der Waals surface area contributed by atoms with Crippen molar-refractivity contribution in [3.05, 3.63) is 11.7 Å². The third-order valence-electron chi connectivity index (χ3n) is 6.19. The zero-order valence-corrected chi connectivity index (χ0v) is 15.6. The highest BCUT2D eigenvalue weighted by molar-refractivity contribution is 5.79. The topological polar surface area (TPSA) is 77.7 Å². The summed E-state index contributed by atoms with van der Waals surface area (Å²) in [5.41, 5.74) is -0.0752. The Morgan fingerprint density at radius 2 is 1.96 bits per heavy atom. The van der Waals surface area contributed by atoms with Gasteiger partial charge in [0.15, 0.2) is 5.82 Å². The van der Waals surface area contributed by atoms with E-state index in [2.05, 4.69) is 15.0 Å². The first-order valence-electron chi connectivity index (χ1n) is 9.93. The molecular weight excluding hydrogens is 334 g/mol. The maximum atomic E-state index is 12.7. The van der Waals surface area contributed by atoms with Crippen molar-refractivity contribution in [2.24, 2.45) is 11.8 Å². The zero-order chi connectivity index (χ0) is 18.0. The molecule has 26 heavy (non-hydrogen) atoms. The summed E-state index contributed by atoms with van der Waals surface area (Å²) in [6.07, 6.45) is 6.52. The molecule has 1 aromatic heterocycles. The summed E-state index contributed by atoms with van der Waals surface area (Å²) in [5.74, 6) is 2.42. The predicted octanol–water partition coefficient (Wildman–Crippen LogP) is 2.13. The highest BCUT2D eigenvalue weighted by Crippen LogP contribution is 2.39. The fourth-order valence-electron chi connectivity index (χ4n) is 4.67. The summed E-state index contributed by atoms with van der Waals surface area (Å²) in [6, 6.07) is 0. The zero-order valence-electron chi connectivity index (χ0n) is 15.6. The van der Waals surface area contributed by atoms with Crippen molar-refractivity contribution in [3.63, 3.8) is 0 Å². The molecule has 0 aromatic carbocycles. The van der Waals surface area contributed by atoms with Crippen LogP contribution in [-0.4, -0.2) is 59.5 Å². The van der Waals surface area contributed by atoms with Crippen LogP contribution in [-0.2, 0) is 20.7 Å². The Bertz CT molecular complexity index is 618. The number of carbonyl (C=O) groups excluding carboxylic acids is 1. The second kappa shape index (κ2) is 7.64. The Balaban J connectivity index is 1.31. The van der Waals surface area contributed by atoms with Gasteiger partial charge in [-0.2, -0.15) is 4.98 Å². The molecular formula is C19H29N3O4. The Morgan fingerprint density at radius 1 is 1.19 bits per heavy atom. The van der Waals surface area contributed by atoms with Gasteiger partial charge in [0.25, 0.3) is 0 Å². The molecule has 1 amide bonds. The van der Waals surface area contributed by atoms with Gasteiger partial charge in [-0.3, -0.25) is 4.79 Å². The van der Waals surface area contributed by atoms with E-state index in [0.29, 0.717) is 30.9 Å². The van der Waals surface area contributed by atoms with Crippen LogP contribution in [0.2, 0.25) is 0 Å². The molecule has 7 heteroatoms. The first kappa shape index (κ1) is 17.9. The minimum absolute atomic E-state index is 0.0752. The summed E-state index contributed by atoms with van der Waals surface area (Å²) in [5, 5.41) is 4.04. The minimum atomic E-state index is -0.0752. The number of likely N-dealkylation sites (tertiary alicyclic amines) is 1. The SMILES string of the molecule is Cc1nc(CC2CCOC3(CCN(C(=O)C4CCOCC4)CC3)C2)no1. The molecule has 4 rings (SSSR count). The quantitative estimate of drug-likeness (QED) is 0.819. The van der Waals surface area contributed by atoms with E-state index in [4.69, 9.17) is 14.0 Å². The van der Waals surface area contributed by atoms with Gasteiger partial charge in [0.2, 0.25) is 11.8 Å². The van der Waals surface area contributed by atoms with Gasteiger partial charge in [0.1, 0.15) is 0 Å². The van der Waals surface area contributed by atoms with Gasteiger partial charge in [-0.1, -0.05) is 5.16 Å². The summed E-state index contributed by atoms with van der Waals surface area (Å²) in [7, 11) is 0. The standard InChI is InChI=1S/C19H29N3O4/c1-14-20-17(21-26-14)12-15-2-11-25-19(13-15)5-7-22(8-6-19)18(23)16-3-9-24-10-4-16/h15-16H,2-13H2,1H3. The van der Waals surface area contributed by atoms with E-state index < -0.39 is 0 Å². The average Bonchev–Trinajstić information content (AvgIpc) is 3.07. The second-order valence-electron chi connectivity index (χ2n) is 8.04. The number of aryl methyl sites for hydroxylation is 1. The third-order valence-corrected chi connectivity index (χ3v) is 6.19. The second-order valence-corrected chi connectivity index (χ2v) is 8.04. The molecule has 3 aliphatic heterocycles. The highest BCUT2D eigenvalue weighted by Gasteiger charge is 2.42. The number of amides is 1. The first-order valence-corrected chi connectivity index (χ1v) is 9.93. The number of piperidine rings is 1. The smallest absolute Gasteiger partial charge is 0.225 e. The predicted molar refractivity (Wildman–Crippen MR) is 93.5 cm³/mol. The fraction of sp³-hybridized carbons (Fsp3) is 0.842. The highest BCUT2D eigenvalue weighted by atomic mass is 16.5. The molecule has 1 spiro atoms. The summed E-state index contributed by atoms with van der Waals surface area (Å²) in [6.45, 7) is 5.67. The number of carbonyl (C=O) groups is 1. The molecule has 0 aliphatic carbocycles. The third kappa shape index (κ3) is 3.93. The maximum Gasteiger partial charge on any atom is 0.225 e. The Labute approximate surface area is 154 Å². The van der Waals surface area contributed by atoms with Crippen molar-refractivity contribution in [1.82, 2.24) is 15.0 Å². The molecule has 4 heterocycles. The molecule has 1 aromatic rings. The van der Waals surface area contributed by atoms with Crippen molar-refractivity contribution in [2.75, 3.05) is 32.9 Å². The van der Waals surface area contributed by atoms with Crippen molar-refractivity contribution >= 4 is 5.91 Å². The van der Waals surface area contributed by atoms with E-state index in [9.17, 15) is 4.79 Å². The van der Waals surface area contributed by atoms with Gasteiger partial charge in [-0.15, -0.1) is 0 Å². The van der Waals surface area contributed by atoms with E-state index in [0.717, 1.165) is 70.5 Å². The van der Waals surface area contributed by atoms with Gasteiger partial charge in [0.05, 0.1) is 5.60 Å². The lowest BCUT2D eigenvalue weighted by molar-refractivity contribution is -0.152. The van der Waals surface area contributed by atoms with E-state index in [-0.39, 0.29) is 11.5 Å². The monoisotopic (exact) mass is 363 g/mol. The lowest BCUT2D eigenvalue weighted by Crippen LogP contribution is -2.52. The number of hydrogen-bond donors (Lipinski definition) is 0. The molecule has 1 atom stereocenters. The van der Waals surface area contributed by atoms with Gasteiger partial charge in [-0.05, 0) is 44.4 Å². The van der Waals surface area contributed by atoms with Crippen molar-refractivity contribution in [3.8, 4) is 0 Å². The largest absolute Gasteiger partial charge is 0.381 e. The van der Waals surface area contributed by atoms with E-state index in [1.807, 2.05) is 6.92 Å². The van der Waals surface area contributed by atoms with Gasteiger partial charge in [0, 0.05) is 52.2 Å². The van der Waals surface area contributed by atoms with Crippen LogP contribution in [0.25, 0.3) is 0 Å². The number of ether oxygens (including phenoxy) is 2. The summed E-state index contributed by atoms with van der Waals surface area (Å²) >= 11 is 0. The molecule has 3 saturated heterocycles. The van der Waals surface area contributed by atoms with Crippen LogP contribution in [0.1, 0.15) is 50.2 Å². The van der Waals surface area contributed by atoms with Crippen molar-refractivity contribution in [2.45, 2.75) is 57.5 Å². The van der Waals surface area contributed by atoms with E-state index in [1.165, 1.54) is 0 Å². The lowest BCUT2D eigenvalue weighted by atomic mass is 9.78. The van der Waals surface area contributed by atoms with Crippen LogP contribution < -0.4 is 0 Å². The van der Waals surface area contributed by atoms with Crippen LogP contribution in [0.15, 0.2) is 4.52 Å². The molecule has 144 valence electrons. The summed E-state index contributed by atoms with van der Waals surface area (Å²) < 4.78 is 16.7. The molecule has 0 saturated carbocycles. The van der Waals surface area contributed by atoms with E-state index in [1.54, 1.807) is 0 Å². The number of rotatable bonds is 3. The van der Waals surface area contributed by atoms with Crippen LogP contribution in [0.5, 0.6) is 0 Å². The molecule has 0 N–H and O–H groups in total. The van der Waals surface area contributed by atoms with Crippen LogP contribution in [0.3, 0.4) is 0 Å². The van der Waals surface area contributed by atoms with Gasteiger partial charge in [-0.25, -0.2) is 0 Å². The molecule has 7 nitrogen and oxygen atoms in total. The molecule has 3 fully saturated rings. The molecule has 1 unspecified atom stereocenters. The minimum Gasteiger partial charge on any atom is -0.381 e. The van der Waals surface area contributed by atoms with Crippen LogP contribution in [0.4, 0.5) is 0 Å². The number of aromatic nitrogens is 2. The van der Waals surface area contributed by atoms with Gasteiger partial charge < -0.3 is 18.9 Å². The first-order chi connectivity index (χ1) is 12.6. The summed E-state index contributed by atoms with van der Waals surface area (Å²) in [4.78, 5) is 19.1. The van der Waals surface area contributed by atoms with Crippen LogP contribution >= 0.6 is 0 Å². The van der Waals surface area contributed by atoms with Crippen molar-refractivity contribution in [1.29, 1.82) is 0 Å². The Hall–Kier alpha value is -1.47. The van der Waals surface area contributed by atoms with Crippen molar-refractivity contribution < 1.29 is 18.8 Å². The normalized spacial score (nSPS) is 27.0. The average molecular weight is 363 g/mol.